The van der Waals surface area contributed by atoms with Gasteiger partial charge < -0.3 is 10.1 Å². The summed E-state index contributed by atoms with van der Waals surface area (Å²) in [4.78, 5) is 24.6. The van der Waals surface area contributed by atoms with Crippen LogP contribution in [0.5, 0.6) is 0 Å². The molecule has 0 saturated heterocycles. The molecule has 0 aliphatic heterocycles. The molecule has 0 fully saturated rings. The number of ether oxygens (including phenoxy) is 1. The quantitative estimate of drug-likeness (QED) is 0.355. The van der Waals surface area contributed by atoms with E-state index in [-0.39, 0.29) is 11.8 Å². The van der Waals surface area contributed by atoms with Crippen molar-refractivity contribution in [1.29, 1.82) is 0 Å². The summed E-state index contributed by atoms with van der Waals surface area (Å²) in [5, 5.41) is 5.14. The second kappa shape index (κ2) is 10.3. The van der Waals surface area contributed by atoms with E-state index >= 15 is 0 Å². The molecule has 0 unspecified atom stereocenters. The summed E-state index contributed by atoms with van der Waals surface area (Å²) in [7, 11) is 0. The number of esters is 1. The van der Waals surface area contributed by atoms with Gasteiger partial charge in [0.2, 0.25) is 0 Å². The normalized spacial score (nSPS) is 13.6. The summed E-state index contributed by atoms with van der Waals surface area (Å²) < 4.78 is 5.18. The molecule has 4 nitrogen and oxygen atoms in total. The number of allylic oxidation sites excluding steroid dienone is 2. The fraction of sp³-hybridized carbons (Fsp3) is 0.500. The van der Waals surface area contributed by atoms with E-state index in [0.717, 1.165) is 31.2 Å². The van der Waals surface area contributed by atoms with Crippen molar-refractivity contribution in [3.8, 4) is 0 Å². The van der Waals surface area contributed by atoms with Crippen molar-refractivity contribution < 1.29 is 28.5 Å². The average molecular weight is 450 g/mol. The third kappa shape index (κ3) is 5.75. The molecule has 23 heavy (non-hydrogen) atoms. The van der Waals surface area contributed by atoms with E-state index in [2.05, 4.69) is 33.6 Å². The molecule has 0 aromatic carbocycles. The summed E-state index contributed by atoms with van der Waals surface area (Å²) in [6.45, 7) is 5.42. The zero-order valence-electron chi connectivity index (χ0n) is 13.4. The Bertz CT molecular complexity index is 598. The second-order valence-electron chi connectivity index (χ2n) is 5.12. The van der Waals surface area contributed by atoms with Crippen LogP contribution in [-0.2, 0) is 36.6 Å². The van der Waals surface area contributed by atoms with Crippen LogP contribution in [0.4, 0.5) is 5.00 Å². The molecule has 0 atom stereocenters. The number of carbonyl (C=O) groups is 2. The molecule has 1 heterocycles. The number of carbonyl (C=O) groups excluding carboxylic acids is 2. The van der Waals surface area contributed by atoms with Gasteiger partial charge in [0, 0.05) is 4.88 Å². The molecule has 1 aromatic rings. The molecule has 131 valence electrons. The fourth-order valence-electron chi connectivity index (χ4n) is 2.53. The first-order valence-corrected chi connectivity index (χ1v) is 10.5. The molecular formula is C16H20BrCuNO3S. The van der Waals surface area contributed by atoms with Crippen molar-refractivity contribution in [2.24, 2.45) is 0 Å². The van der Waals surface area contributed by atoms with E-state index < -0.39 is 0 Å². The number of fused-ring (bicyclic) bond motifs is 1. The van der Waals surface area contributed by atoms with Gasteiger partial charge in [-0.2, -0.15) is 17.0 Å². The van der Waals surface area contributed by atoms with Crippen LogP contribution in [0.3, 0.4) is 0 Å². The monoisotopic (exact) mass is 448 g/mol. The number of nitrogens with zero attached hydrogens (tertiary/aromatic N) is 1. The van der Waals surface area contributed by atoms with E-state index in [1.54, 1.807) is 25.2 Å². The number of thiophene rings is 1. The second-order valence-corrected chi connectivity index (χ2v) is 6.20. The molecule has 1 aliphatic rings. The van der Waals surface area contributed by atoms with Crippen molar-refractivity contribution in [1.82, 2.24) is 0 Å². The summed E-state index contributed by atoms with van der Waals surface area (Å²) in [6.07, 6.45) is 5.63. The van der Waals surface area contributed by atoms with Gasteiger partial charge in [-0.3, -0.25) is 4.79 Å². The van der Waals surface area contributed by atoms with Crippen LogP contribution < -0.4 is 0 Å². The predicted molar refractivity (Wildman–Crippen MR) is 93.3 cm³/mol. The van der Waals surface area contributed by atoms with Gasteiger partial charge in [0.15, 0.2) is 5.78 Å². The topological polar surface area (TPSA) is 57.5 Å². The molecule has 0 spiro atoms. The Kier molecular flexibility index (Phi) is 9.14. The van der Waals surface area contributed by atoms with Gasteiger partial charge in [0.1, 0.15) is 0 Å². The van der Waals surface area contributed by atoms with Crippen molar-refractivity contribution in [2.45, 2.75) is 46.5 Å². The number of ketones is 1. The Labute approximate surface area is 156 Å². The number of halogens is 1. The Balaban J connectivity index is 0.00000127. The SMILES string of the molecule is CCOC(=O)c1c([N-]/C(C)=C\C(C)=O)sc2c1CCCC2.[Cu+][Br]. The van der Waals surface area contributed by atoms with Crippen molar-refractivity contribution in [3.05, 3.63) is 33.1 Å². The molecule has 0 bridgehead atoms. The van der Waals surface area contributed by atoms with Gasteiger partial charge in [-0.1, -0.05) is 11.9 Å². The van der Waals surface area contributed by atoms with Gasteiger partial charge in [0.05, 0.1) is 12.2 Å². The Morgan fingerprint density at radius 2 is 1.96 bits per heavy atom. The Hall–Kier alpha value is -0.621. The van der Waals surface area contributed by atoms with E-state index in [0.29, 0.717) is 22.9 Å². The standard InChI is InChI=1S/C16H21NO3S.BrH.Cu/c1-4-20-16(19)14-12-7-5-6-8-13(12)21-15(14)17-10(2)9-11(3)18;;/h9H,4-8H2,1-3H3,(H,17,18,19);1H;/q;;+2/p-2. The zero-order valence-corrected chi connectivity index (χ0v) is 16.7. The third-order valence-electron chi connectivity index (χ3n) is 3.32. The van der Waals surface area contributed by atoms with Gasteiger partial charge in [-0.05, 0) is 51.2 Å². The van der Waals surface area contributed by atoms with E-state index in [1.807, 2.05) is 0 Å². The summed E-state index contributed by atoms with van der Waals surface area (Å²) in [5.74, 6) is -0.346. The molecular weight excluding hydrogens is 430 g/mol. The van der Waals surface area contributed by atoms with Crippen LogP contribution in [0.1, 0.15) is 54.4 Å². The average Bonchev–Trinajstić information content (AvgIpc) is 2.86. The molecule has 0 radical (unpaired) electrons. The number of hydrogen-bond donors (Lipinski definition) is 0. The van der Waals surface area contributed by atoms with Crippen molar-refractivity contribution in [2.75, 3.05) is 6.61 Å². The Morgan fingerprint density at radius 1 is 1.30 bits per heavy atom. The number of hydrogen-bond acceptors (Lipinski definition) is 4. The van der Waals surface area contributed by atoms with Crippen LogP contribution >= 0.6 is 25.4 Å². The first-order valence-electron chi connectivity index (χ1n) is 7.36. The summed E-state index contributed by atoms with van der Waals surface area (Å²) >= 11 is 8.05. The first kappa shape index (κ1) is 20.4. The number of aryl methyl sites for hydroxylation is 1. The maximum absolute atomic E-state index is 12.2. The zero-order chi connectivity index (χ0) is 17.4. The van der Waals surface area contributed by atoms with E-state index in [4.69, 9.17) is 4.74 Å². The third-order valence-corrected chi connectivity index (χ3v) is 4.51. The fourth-order valence-corrected chi connectivity index (χ4v) is 3.84. The van der Waals surface area contributed by atoms with Crippen LogP contribution in [0.25, 0.3) is 5.32 Å². The van der Waals surface area contributed by atoms with Crippen molar-refractivity contribution in [3.63, 3.8) is 0 Å². The molecule has 1 aliphatic carbocycles. The molecule has 2 rings (SSSR count). The number of rotatable bonds is 5. The maximum atomic E-state index is 12.2. The van der Waals surface area contributed by atoms with E-state index in [9.17, 15) is 9.59 Å². The van der Waals surface area contributed by atoms with E-state index in [1.165, 1.54) is 17.9 Å². The van der Waals surface area contributed by atoms with Gasteiger partial charge in [0.25, 0.3) is 0 Å². The molecule has 0 N–H and O–H groups in total. The molecule has 0 amide bonds. The van der Waals surface area contributed by atoms with Crippen molar-refractivity contribution >= 4 is 42.2 Å². The van der Waals surface area contributed by atoms with Crippen LogP contribution in [0, 0.1) is 0 Å². The minimum atomic E-state index is -0.300. The van der Waals surface area contributed by atoms with Crippen LogP contribution in [0.15, 0.2) is 11.8 Å². The van der Waals surface area contributed by atoms with Crippen LogP contribution in [0.2, 0.25) is 0 Å². The molecule has 7 heteroatoms. The van der Waals surface area contributed by atoms with Crippen LogP contribution in [-0.4, -0.2) is 18.4 Å². The molecule has 0 saturated carbocycles. The summed E-state index contributed by atoms with van der Waals surface area (Å²) in [5.41, 5.74) is 2.32. The predicted octanol–water partition coefficient (Wildman–Crippen LogP) is 5.14. The van der Waals surface area contributed by atoms with Gasteiger partial charge in [-0.25, -0.2) is 4.79 Å². The summed E-state index contributed by atoms with van der Waals surface area (Å²) in [6, 6.07) is 0. The van der Waals surface area contributed by atoms with Gasteiger partial charge in [-0.15, -0.1) is 0 Å². The first-order chi connectivity index (χ1) is 11.0. The Morgan fingerprint density at radius 3 is 2.57 bits per heavy atom. The van der Waals surface area contributed by atoms with Gasteiger partial charge >= 0.3 is 34.3 Å². The minimum absolute atomic E-state index is 0.0461. The molecule has 1 aromatic heterocycles.